The van der Waals surface area contributed by atoms with Gasteiger partial charge >= 0.3 is 0 Å². The fourth-order valence-corrected chi connectivity index (χ4v) is 3.33. The first-order valence-electron chi connectivity index (χ1n) is 10.2. The van der Waals surface area contributed by atoms with E-state index in [0.29, 0.717) is 18.2 Å². The monoisotopic (exact) mass is 429 g/mol. The smallest absolute Gasteiger partial charge is 0.127 e. The lowest BCUT2D eigenvalue weighted by Crippen LogP contribution is -2.04. The molecular formula is C27H24ClNO2. The molecule has 3 nitrogen and oxygen atoms in total. The van der Waals surface area contributed by atoms with Crippen molar-refractivity contribution in [3.63, 3.8) is 0 Å². The molecule has 156 valence electrons. The second-order valence-corrected chi connectivity index (χ2v) is 7.76. The van der Waals surface area contributed by atoms with E-state index in [1.807, 2.05) is 72.8 Å². The molecule has 0 aliphatic carbocycles. The summed E-state index contributed by atoms with van der Waals surface area (Å²) in [5, 5.41) is 4.12. The van der Waals surface area contributed by atoms with Gasteiger partial charge in [0, 0.05) is 22.8 Å². The number of ether oxygens (including phenoxy) is 2. The predicted molar refractivity (Wildman–Crippen MR) is 127 cm³/mol. The van der Waals surface area contributed by atoms with Crippen LogP contribution in [-0.2, 0) is 13.2 Å². The Morgan fingerprint density at radius 3 is 2.23 bits per heavy atom. The van der Waals surface area contributed by atoms with Gasteiger partial charge in [-0.3, -0.25) is 0 Å². The second-order valence-electron chi connectivity index (χ2n) is 7.32. The molecular weight excluding hydrogens is 406 g/mol. The van der Waals surface area contributed by atoms with E-state index in [9.17, 15) is 0 Å². The number of aryl methyl sites for hydroxylation is 1. The van der Waals surface area contributed by atoms with Crippen molar-refractivity contribution < 1.29 is 9.47 Å². The van der Waals surface area contributed by atoms with Gasteiger partial charge in [-0.25, -0.2) is 0 Å². The normalized spacial score (nSPS) is 10.5. The largest absolute Gasteiger partial charge is 0.489 e. The van der Waals surface area contributed by atoms with E-state index in [2.05, 4.69) is 36.5 Å². The van der Waals surface area contributed by atoms with Gasteiger partial charge < -0.3 is 14.8 Å². The van der Waals surface area contributed by atoms with E-state index < -0.39 is 0 Å². The van der Waals surface area contributed by atoms with Crippen LogP contribution < -0.4 is 14.8 Å². The predicted octanol–water partition coefficient (Wildman–Crippen LogP) is 7.63. The standard InChI is InChI=1S/C27H24ClNO2/c1-20-7-9-21(10-8-20)19-30-27-16-11-23(28)17-22(27)18-29-24-12-14-26(15-13-24)31-25-5-3-2-4-6-25/h2-17,29H,18-19H2,1H3. The molecule has 0 amide bonds. The summed E-state index contributed by atoms with van der Waals surface area (Å²) in [6.45, 7) is 3.19. The molecule has 4 aromatic rings. The quantitative estimate of drug-likeness (QED) is 0.312. The first-order valence-corrected chi connectivity index (χ1v) is 10.6. The number of benzene rings is 4. The third kappa shape index (κ3) is 6.03. The van der Waals surface area contributed by atoms with Gasteiger partial charge in [0.1, 0.15) is 23.9 Å². The van der Waals surface area contributed by atoms with Crippen LogP contribution in [0, 0.1) is 6.92 Å². The summed E-state index contributed by atoms with van der Waals surface area (Å²) in [6, 6.07) is 31.7. The van der Waals surface area contributed by atoms with Crippen molar-refractivity contribution in [3.8, 4) is 17.2 Å². The topological polar surface area (TPSA) is 30.5 Å². The van der Waals surface area contributed by atoms with E-state index in [0.717, 1.165) is 34.1 Å². The minimum absolute atomic E-state index is 0.514. The zero-order chi connectivity index (χ0) is 21.5. The van der Waals surface area contributed by atoms with Crippen molar-refractivity contribution in [1.29, 1.82) is 0 Å². The molecule has 0 atom stereocenters. The number of anilines is 1. The lowest BCUT2D eigenvalue weighted by Gasteiger charge is -2.14. The number of hydrogen-bond acceptors (Lipinski definition) is 3. The first-order chi connectivity index (χ1) is 15.2. The Kier molecular flexibility index (Phi) is 6.75. The molecule has 4 heteroatoms. The Bertz CT molecular complexity index is 1110. The highest BCUT2D eigenvalue weighted by Gasteiger charge is 2.06. The Balaban J connectivity index is 1.38. The van der Waals surface area contributed by atoms with Crippen molar-refractivity contribution in [2.75, 3.05) is 5.32 Å². The van der Waals surface area contributed by atoms with Crippen molar-refractivity contribution in [2.45, 2.75) is 20.1 Å². The lowest BCUT2D eigenvalue weighted by atomic mass is 10.1. The maximum Gasteiger partial charge on any atom is 0.127 e. The van der Waals surface area contributed by atoms with Gasteiger partial charge in [0.2, 0.25) is 0 Å². The highest BCUT2D eigenvalue weighted by molar-refractivity contribution is 6.30. The molecule has 0 aliphatic rings. The van der Waals surface area contributed by atoms with Gasteiger partial charge in [0.05, 0.1) is 0 Å². The molecule has 1 N–H and O–H groups in total. The molecule has 31 heavy (non-hydrogen) atoms. The van der Waals surface area contributed by atoms with E-state index in [1.54, 1.807) is 0 Å². The maximum atomic E-state index is 6.23. The van der Waals surface area contributed by atoms with Crippen LogP contribution in [0.3, 0.4) is 0 Å². The Morgan fingerprint density at radius 2 is 1.48 bits per heavy atom. The van der Waals surface area contributed by atoms with Crippen LogP contribution in [0.15, 0.2) is 97.1 Å². The fraction of sp³-hybridized carbons (Fsp3) is 0.111. The van der Waals surface area contributed by atoms with Crippen molar-refractivity contribution in [2.24, 2.45) is 0 Å². The Hall–Kier alpha value is -3.43. The third-order valence-electron chi connectivity index (χ3n) is 4.85. The van der Waals surface area contributed by atoms with Crippen LogP contribution >= 0.6 is 11.6 Å². The molecule has 0 aromatic heterocycles. The lowest BCUT2D eigenvalue weighted by molar-refractivity contribution is 0.303. The number of hydrogen-bond donors (Lipinski definition) is 1. The summed E-state index contributed by atoms with van der Waals surface area (Å²) in [5.41, 5.74) is 4.36. The van der Waals surface area contributed by atoms with E-state index in [1.165, 1.54) is 5.56 Å². The molecule has 0 saturated carbocycles. The average molecular weight is 430 g/mol. The SMILES string of the molecule is Cc1ccc(COc2ccc(Cl)cc2CNc2ccc(Oc3ccccc3)cc2)cc1. The van der Waals surface area contributed by atoms with Gasteiger partial charge in [-0.05, 0) is 67.1 Å². The number of rotatable bonds is 8. The van der Waals surface area contributed by atoms with Crippen molar-refractivity contribution in [1.82, 2.24) is 0 Å². The molecule has 4 aromatic carbocycles. The van der Waals surface area contributed by atoms with Gasteiger partial charge in [-0.15, -0.1) is 0 Å². The van der Waals surface area contributed by atoms with Crippen LogP contribution in [0.2, 0.25) is 5.02 Å². The molecule has 0 unspecified atom stereocenters. The summed E-state index contributed by atoms with van der Waals surface area (Å²) in [7, 11) is 0. The molecule has 0 fully saturated rings. The average Bonchev–Trinajstić information content (AvgIpc) is 2.80. The summed E-state index contributed by atoms with van der Waals surface area (Å²) in [6.07, 6.45) is 0. The van der Waals surface area contributed by atoms with Crippen LogP contribution in [0.4, 0.5) is 5.69 Å². The highest BCUT2D eigenvalue weighted by atomic mass is 35.5. The van der Waals surface area contributed by atoms with Crippen LogP contribution in [0.1, 0.15) is 16.7 Å². The van der Waals surface area contributed by atoms with Crippen molar-refractivity contribution >= 4 is 17.3 Å². The van der Waals surface area contributed by atoms with Crippen molar-refractivity contribution in [3.05, 3.63) is 119 Å². The minimum atomic E-state index is 0.514. The molecule has 0 aliphatic heterocycles. The van der Waals surface area contributed by atoms with Gasteiger partial charge in [0.25, 0.3) is 0 Å². The molecule has 0 saturated heterocycles. The summed E-state index contributed by atoms with van der Waals surface area (Å²) in [4.78, 5) is 0. The number of halogens is 1. The fourth-order valence-electron chi connectivity index (χ4n) is 3.14. The molecule has 0 heterocycles. The first kappa shape index (κ1) is 20.8. The maximum absolute atomic E-state index is 6.23. The minimum Gasteiger partial charge on any atom is -0.489 e. The third-order valence-corrected chi connectivity index (χ3v) is 5.09. The molecule has 4 rings (SSSR count). The molecule has 0 radical (unpaired) electrons. The van der Waals surface area contributed by atoms with Gasteiger partial charge in [0.15, 0.2) is 0 Å². The van der Waals surface area contributed by atoms with Crippen LogP contribution in [-0.4, -0.2) is 0 Å². The van der Waals surface area contributed by atoms with Crippen LogP contribution in [0.5, 0.6) is 17.2 Å². The highest BCUT2D eigenvalue weighted by Crippen LogP contribution is 2.26. The zero-order valence-electron chi connectivity index (χ0n) is 17.3. The number of nitrogens with one attached hydrogen (secondary N) is 1. The summed E-state index contributed by atoms with van der Waals surface area (Å²) < 4.78 is 11.9. The van der Waals surface area contributed by atoms with E-state index in [-0.39, 0.29) is 0 Å². The molecule has 0 spiro atoms. The summed E-state index contributed by atoms with van der Waals surface area (Å²) >= 11 is 6.23. The van der Waals surface area contributed by atoms with Gasteiger partial charge in [-0.1, -0.05) is 59.6 Å². The summed E-state index contributed by atoms with van der Waals surface area (Å²) in [5.74, 6) is 2.43. The molecule has 0 bridgehead atoms. The van der Waals surface area contributed by atoms with E-state index >= 15 is 0 Å². The van der Waals surface area contributed by atoms with Gasteiger partial charge in [-0.2, -0.15) is 0 Å². The zero-order valence-corrected chi connectivity index (χ0v) is 18.1. The number of para-hydroxylation sites is 1. The van der Waals surface area contributed by atoms with E-state index in [4.69, 9.17) is 21.1 Å². The Morgan fingerprint density at radius 1 is 0.774 bits per heavy atom. The van der Waals surface area contributed by atoms with Crippen LogP contribution in [0.25, 0.3) is 0 Å². The Labute approximate surface area is 188 Å². The second kappa shape index (κ2) is 10.1.